The van der Waals surface area contributed by atoms with Crippen LogP contribution in [0.2, 0.25) is 0 Å². The molecule has 1 atom stereocenters. The van der Waals surface area contributed by atoms with Gasteiger partial charge in [0.05, 0.1) is 18.7 Å². The zero-order chi connectivity index (χ0) is 23.1. The number of aryl methyl sites for hydroxylation is 1. The van der Waals surface area contributed by atoms with Crippen LogP contribution in [0.3, 0.4) is 0 Å². The van der Waals surface area contributed by atoms with Crippen LogP contribution in [0.15, 0.2) is 66.5 Å². The number of amides is 1. The standard InChI is InChI=1S/C25H20N2O6/c1-14-10-15(5-7-18(14)31-2)23(28)21-22(16-4-3-9-26-12-16)27(25(30)24(21)29)17-6-8-19-20(11-17)33-13-32-19/h3-12,22,28H,13H2,1-2H3/b23-21+. The molecule has 1 fully saturated rings. The number of hydrogen-bond acceptors (Lipinski definition) is 7. The van der Waals surface area contributed by atoms with Gasteiger partial charge in [-0.15, -0.1) is 0 Å². The van der Waals surface area contributed by atoms with Crippen LogP contribution in [0.1, 0.15) is 22.7 Å². The number of fused-ring (bicyclic) bond motifs is 1. The lowest BCUT2D eigenvalue weighted by molar-refractivity contribution is -0.132. The van der Waals surface area contributed by atoms with Gasteiger partial charge in [-0.2, -0.15) is 0 Å². The Hall–Kier alpha value is -4.33. The summed E-state index contributed by atoms with van der Waals surface area (Å²) in [4.78, 5) is 31.9. The number of carbonyl (C=O) groups is 2. The third kappa shape index (κ3) is 3.36. The number of nitrogens with zero attached hydrogens (tertiary/aromatic N) is 2. The fourth-order valence-corrected chi connectivity index (χ4v) is 4.17. The van der Waals surface area contributed by atoms with Gasteiger partial charge in [0.2, 0.25) is 6.79 Å². The Morgan fingerprint density at radius 2 is 1.94 bits per heavy atom. The van der Waals surface area contributed by atoms with Gasteiger partial charge >= 0.3 is 0 Å². The summed E-state index contributed by atoms with van der Waals surface area (Å²) in [6.45, 7) is 1.92. The predicted octanol–water partition coefficient (Wildman–Crippen LogP) is 3.75. The lowest BCUT2D eigenvalue weighted by atomic mass is 9.95. The maximum absolute atomic E-state index is 13.2. The van der Waals surface area contributed by atoms with Crippen molar-refractivity contribution in [1.82, 2.24) is 4.98 Å². The Labute approximate surface area is 189 Å². The third-order valence-electron chi connectivity index (χ3n) is 5.75. The predicted molar refractivity (Wildman–Crippen MR) is 119 cm³/mol. The number of Topliss-reactive ketones (excluding diaryl/α,β-unsaturated/α-hetero) is 1. The Morgan fingerprint density at radius 1 is 1.12 bits per heavy atom. The van der Waals surface area contributed by atoms with E-state index in [1.165, 1.54) is 4.90 Å². The van der Waals surface area contributed by atoms with Crippen molar-refractivity contribution in [3.63, 3.8) is 0 Å². The van der Waals surface area contributed by atoms with Gasteiger partial charge < -0.3 is 19.3 Å². The number of rotatable bonds is 4. The average Bonchev–Trinajstić information content (AvgIpc) is 3.41. The van der Waals surface area contributed by atoms with E-state index in [1.54, 1.807) is 68.0 Å². The molecule has 33 heavy (non-hydrogen) atoms. The number of aromatic nitrogens is 1. The highest BCUT2D eigenvalue weighted by molar-refractivity contribution is 6.51. The van der Waals surface area contributed by atoms with Crippen LogP contribution in [-0.4, -0.2) is 35.7 Å². The minimum atomic E-state index is -0.874. The van der Waals surface area contributed by atoms with Crippen LogP contribution in [0.5, 0.6) is 17.2 Å². The fraction of sp³-hybridized carbons (Fsp3) is 0.160. The first-order chi connectivity index (χ1) is 16.0. The van der Waals surface area contributed by atoms with Crippen LogP contribution in [0, 0.1) is 6.92 Å². The molecule has 1 aromatic heterocycles. The second-order valence-electron chi connectivity index (χ2n) is 7.68. The first-order valence-electron chi connectivity index (χ1n) is 10.2. The van der Waals surface area contributed by atoms with Crippen molar-refractivity contribution in [2.75, 3.05) is 18.8 Å². The second kappa shape index (κ2) is 7.98. The van der Waals surface area contributed by atoms with Gasteiger partial charge in [0.15, 0.2) is 11.5 Å². The minimum Gasteiger partial charge on any atom is -0.507 e. The maximum atomic E-state index is 13.2. The first-order valence-corrected chi connectivity index (χ1v) is 10.2. The van der Waals surface area contributed by atoms with Gasteiger partial charge in [-0.05, 0) is 54.4 Å². The van der Waals surface area contributed by atoms with E-state index in [0.717, 1.165) is 5.56 Å². The molecular formula is C25H20N2O6. The van der Waals surface area contributed by atoms with Crippen molar-refractivity contribution in [2.24, 2.45) is 0 Å². The molecule has 1 unspecified atom stereocenters. The Kier molecular flexibility index (Phi) is 4.97. The molecule has 3 heterocycles. The molecule has 2 aliphatic heterocycles. The number of aliphatic hydroxyl groups excluding tert-OH is 1. The van der Waals surface area contributed by atoms with E-state index in [2.05, 4.69) is 4.98 Å². The molecule has 3 aromatic rings. The second-order valence-corrected chi connectivity index (χ2v) is 7.68. The molecule has 8 heteroatoms. The molecular weight excluding hydrogens is 424 g/mol. The number of ketones is 1. The zero-order valence-corrected chi connectivity index (χ0v) is 17.9. The van der Waals surface area contributed by atoms with E-state index in [9.17, 15) is 14.7 Å². The van der Waals surface area contributed by atoms with Gasteiger partial charge in [-0.1, -0.05) is 6.07 Å². The molecule has 1 saturated heterocycles. The summed E-state index contributed by atoms with van der Waals surface area (Å²) < 4.78 is 16.1. The first kappa shape index (κ1) is 20.6. The van der Waals surface area contributed by atoms with E-state index < -0.39 is 17.7 Å². The highest BCUT2D eigenvalue weighted by Crippen LogP contribution is 2.44. The highest BCUT2D eigenvalue weighted by Gasteiger charge is 2.47. The largest absolute Gasteiger partial charge is 0.507 e. The summed E-state index contributed by atoms with van der Waals surface area (Å²) in [6, 6.07) is 12.7. The maximum Gasteiger partial charge on any atom is 0.300 e. The minimum absolute atomic E-state index is 0.0183. The fourth-order valence-electron chi connectivity index (χ4n) is 4.17. The lowest BCUT2D eigenvalue weighted by Crippen LogP contribution is -2.29. The summed E-state index contributed by atoms with van der Waals surface area (Å²) in [5, 5.41) is 11.2. The number of carbonyl (C=O) groups excluding carboxylic acids is 2. The topological polar surface area (TPSA) is 98.2 Å². The molecule has 0 bridgehead atoms. The van der Waals surface area contributed by atoms with Crippen molar-refractivity contribution in [3.05, 3.63) is 83.2 Å². The molecule has 5 rings (SSSR count). The molecule has 0 radical (unpaired) electrons. The van der Waals surface area contributed by atoms with E-state index in [-0.39, 0.29) is 18.1 Å². The zero-order valence-electron chi connectivity index (χ0n) is 17.9. The molecule has 0 spiro atoms. The number of hydrogen-bond donors (Lipinski definition) is 1. The van der Waals surface area contributed by atoms with Crippen molar-refractivity contribution in [2.45, 2.75) is 13.0 Å². The smallest absolute Gasteiger partial charge is 0.300 e. The molecule has 1 amide bonds. The third-order valence-corrected chi connectivity index (χ3v) is 5.75. The molecule has 8 nitrogen and oxygen atoms in total. The van der Waals surface area contributed by atoms with Crippen LogP contribution < -0.4 is 19.1 Å². The van der Waals surface area contributed by atoms with Gasteiger partial charge in [0, 0.05) is 29.7 Å². The van der Waals surface area contributed by atoms with Gasteiger partial charge in [-0.25, -0.2) is 0 Å². The van der Waals surface area contributed by atoms with Gasteiger partial charge in [-0.3, -0.25) is 19.5 Å². The highest BCUT2D eigenvalue weighted by atomic mass is 16.7. The number of methoxy groups -OCH3 is 1. The summed E-state index contributed by atoms with van der Waals surface area (Å²) in [5.41, 5.74) is 2.20. The van der Waals surface area contributed by atoms with E-state index >= 15 is 0 Å². The number of ether oxygens (including phenoxy) is 3. The van der Waals surface area contributed by atoms with Crippen LogP contribution in [0.25, 0.3) is 5.76 Å². The van der Waals surface area contributed by atoms with E-state index in [0.29, 0.717) is 34.1 Å². The van der Waals surface area contributed by atoms with Gasteiger partial charge in [0.1, 0.15) is 11.5 Å². The lowest BCUT2D eigenvalue weighted by Gasteiger charge is -2.25. The molecule has 0 saturated carbocycles. The summed E-state index contributed by atoms with van der Waals surface area (Å²) in [6.07, 6.45) is 3.17. The van der Waals surface area contributed by atoms with Crippen molar-refractivity contribution < 1.29 is 28.9 Å². The average molecular weight is 444 g/mol. The molecule has 1 N–H and O–H groups in total. The molecule has 166 valence electrons. The van der Waals surface area contributed by atoms with Crippen LogP contribution in [-0.2, 0) is 9.59 Å². The molecule has 0 aliphatic carbocycles. The monoisotopic (exact) mass is 444 g/mol. The quantitative estimate of drug-likeness (QED) is 0.372. The summed E-state index contributed by atoms with van der Waals surface area (Å²) in [5.74, 6) is -0.124. The van der Waals surface area contributed by atoms with Crippen LogP contribution in [0.4, 0.5) is 5.69 Å². The van der Waals surface area contributed by atoms with Crippen molar-refractivity contribution in [1.29, 1.82) is 0 Å². The SMILES string of the molecule is COc1ccc(/C(O)=C2\C(=O)C(=O)N(c3ccc4c(c3)OCO4)C2c2cccnc2)cc1C. The van der Waals surface area contributed by atoms with Crippen molar-refractivity contribution >= 4 is 23.1 Å². The summed E-state index contributed by atoms with van der Waals surface area (Å²) in [7, 11) is 1.56. The summed E-state index contributed by atoms with van der Waals surface area (Å²) >= 11 is 0. The Balaban J connectivity index is 1.69. The molecule has 2 aromatic carbocycles. The Morgan fingerprint density at radius 3 is 2.67 bits per heavy atom. The number of aliphatic hydroxyl groups is 1. The van der Waals surface area contributed by atoms with E-state index in [1.807, 2.05) is 6.92 Å². The van der Waals surface area contributed by atoms with E-state index in [4.69, 9.17) is 14.2 Å². The normalized spacial score (nSPS) is 18.6. The van der Waals surface area contributed by atoms with Crippen molar-refractivity contribution in [3.8, 4) is 17.2 Å². The Bertz CT molecular complexity index is 1300. The number of anilines is 1. The molecule has 2 aliphatic rings. The number of pyridine rings is 1. The van der Waals surface area contributed by atoms with Gasteiger partial charge in [0.25, 0.3) is 11.7 Å². The number of benzene rings is 2. The van der Waals surface area contributed by atoms with Crippen LogP contribution >= 0.6 is 0 Å².